The molecule has 0 aliphatic heterocycles. The first-order valence-electron chi connectivity index (χ1n) is 8.75. The molecule has 0 N–H and O–H groups in total. The Bertz CT molecular complexity index is 1050. The van der Waals surface area contributed by atoms with Crippen molar-refractivity contribution in [2.45, 2.75) is 6.54 Å². The van der Waals surface area contributed by atoms with Crippen molar-refractivity contribution in [3.05, 3.63) is 94.2 Å². The Hall–Kier alpha value is -3.81. The van der Waals surface area contributed by atoms with Gasteiger partial charge in [-0.2, -0.15) is 5.10 Å². The van der Waals surface area contributed by atoms with E-state index in [1.807, 2.05) is 18.2 Å². The summed E-state index contributed by atoms with van der Waals surface area (Å²) in [5, 5.41) is 3.95. The molecule has 3 rings (SSSR count). The van der Waals surface area contributed by atoms with Gasteiger partial charge in [0.05, 0.1) is 6.54 Å². The summed E-state index contributed by atoms with van der Waals surface area (Å²) in [5.74, 6) is -1.15. The van der Waals surface area contributed by atoms with Crippen LogP contribution in [0.4, 0.5) is 4.39 Å². The smallest absolute Gasteiger partial charge is 0.359 e. The number of hydrogen-bond acceptors (Lipinski definition) is 6. The second kappa shape index (κ2) is 9.41. The zero-order chi connectivity index (χ0) is 20.6. The van der Waals surface area contributed by atoms with Crippen molar-refractivity contribution < 1.29 is 23.5 Å². The number of ketones is 1. The van der Waals surface area contributed by atoms with Gasteiger partial charge in [-0.3, -0.25) is 9.59 Å². The molecular weight excluding hydrogens is 379 g/mol. The highest BCUT2D eigenvalue weighted by Gasteiger charge is 2.14. The van der Waals surface area contributed by atoms with Crippen LogP contribution >= 0.6 is 0 Å². The molecule has 0 amide bonds. The fraction of sp³-hybridized carbons (Fsp3) is 0.143. The van der Waals surface area contributed by atoms with Crippen molar-refractivity contribution in [3.63, 3.8) is 0 Å². The summed E-state index contributed by atoms with van der Waals surface area (Å²) in [6.45, 7) is -0.218. The van der Waals surface area contributed by atoms with Gasteiger partial charge in [0, 0.05) is 11.6 Å². The predicted octanol–water partition coefficient (Wildman–Crippen LogP) is 2.50. The number of Topliss-reactive ketones (excluding diaryl/α,β-unsaturated/α-hetero) is 1. The minimum absolute atomic E-state index is 0.115. The van der Waals surface area contributed by atoms with Gasteiger partial charge >= 0.3 is 5.97 Å². The zero-order valence-corrected chi connectivity index (χ0v) is 15.3. The van der Waals surface area contributed by atoms with Crippen LogP contribution < -0.4 is 10.3 Å². The van der Waals surface area contributed by atoms with Crippen molar-refractivity contribution in [2.75, 3.05) is 13.2 Å². The number of benzene rings is 2. The number of halogens is 1. The minimum Gasteiger partial charge on any atom is -0.492 e. The van der Waals surface area contributed by atoms with Gasteiger partial charge < -0.3 is 9.47 Å². The van der Waals surface area contributed by atoms with E-state index >= 15 is 0 Å². The van der Waals surface area contributed by atoms with Crippen LogP contribution in [-0.2, 0) is 11.3 Å². The number of nitrogens with zero attached hydrogens (tertiary/aromatic N) is 2. The largest absolute Gasteiger partial charge is 0.492 e. The Labute approximate surface area is 165 Å². The van der Waals surface area contributed by atoms with Crippen molar-refractivity contribution in [3.8, 4) is 5.75 Å². The van der Waals surface area contributed by atoms with Gasteiger partial charge in [0.2, 0.25) is 0 Å². The third-order valence-corrected chi connectivity index (χ3v) is 3.89. The van der Waals surface area contributed by atoms with E-state index in [0.29, 0.717) is 5.75 Å². The van der Waals surface area contributed by atoms with Gasteiger partial charge in [-0.1, -0.05) is 18.2 Å². The first kappa shape index (κ1) is 19.9. The molecule has 0 fully saturated rings. The van der Waals surface area contributed by atoms with Crippen molar-refractivity contribution in [2.24, 2.45) is 0 Å². The summed E-state index contributed by atoms with van der Waals surface area (Å²) in [6.07, 6.45) is 0. The summed E-state index contributed by atoms with van der Waals surface area (Å²) < 4.78 is 24.5. The highest BCUT2D eigenvalue weighted by atomic mass is 19.1. The van der Waals surface area contributed by atoms with Crippen molar-refractivity contribution >= 4 is 11.8 Å². The molecule has 0 bridgehead atoms. The van der Waals surface area contributed by atoms with Gasteiger partial charge in [0.15, 0.2) is 18.1 Å². The van der Waals surface area contributed by atoms with Crippen molar-refractivity contribution in [1.82, 2.24) is 9.78 Å². The Balaban J connectivity index is 1.57. The van der Waals surface area contributed by atoms with Gasteiger partial charge in [-0.05, 0) is 42.5 Å². The maximum Gasteiger partial charge on any atom is 0.359 e. The molecule has 148 valence electrons. The zero-order valence-electron chi connectivity index (χ0n) is 15.3. The van der Waals surface area contributed by atoms with Crippen LogP contribution in [-0.4, -0.2) is 34.7 Å². The quantitative estimate of drug-likeness (QED) is 0.430. The molecule has 3 aromatic rings. The van der Waals surface area contributed by atoms with Crippen LogP contribution in [0, 0.1) is 5.82 Å². The maximum atomic E-state index is 12.9. The number of aromatic nitrogens is 2. The SMILES string of the molecule is O=C(COC(=O)c1ccc(=O)n(CCOc2ccccc2)n1)c1ccc(F)cc1. The summed E-state index contributed by atoms with van der Waals surface area (Å²) in [4.78, 5) is 36.1. The number of rotatable bonds is 8. The topological polar surface area (TPSA) is 87.5 Å². The Kier molecular flexibility index (Phi) is 6.47. The molecule has 1 heterocycles. The van der Waals surface area contributed by atoms with E-state index in [9.17, 15) is 18.8 Å². The lowest BCUT2D eigenvalue weighted by Gasteiger charge is -2.09. The van der Waals surface area contributed by atoms with E-state index in [1.165, 1.54) is 24.3 Å². The lowest BCUT2D eigenvalue weighted by Crippen LogP contribution is -2.27. The standard InChI is InChI=1S/C21H17FN2O5/c22-16-8-6-15(7-9-16)19(25)14-29-21(27)18-10-11-20(26)24(23-18)12-13-28-17-4-2-1-3-5-17/h1-11H,12-14H2. The predicted molar refractivity (Wildman–Crippen MR) is 101 cm³/mol. The molecule has 29 heavy (non-hydrogen) atoms. The molecule has 0 saturated carbocycles. The highest BCUT2D eigenvalue weighted by Crippen LogP contribution is 2.08. The monoisotopic (exact) mass is 396 g/mol. The number of ether oxygens (including phenoxy) is 2. The molecule has 2 aromatic carbocycles. The van der Waals surface area contributed by atoms with Gasteiger partial charge in [-0.25, -0.2) is 13.9 Å². The number of hydrogen-bond donors (Lipinski definition) is 0. The molecule has 0 radical (unpaired) electrons. The molecular formula is C21H17FN2O5. The van der Waals surface area contributed by atoms with E-state index in [0.717, 1.165) is 16.8 Å². The van der Waals surface area contributed by atoms with Gasteiger partial charge in [0.1, 0.15) is 18.2 Å². The second-order valence-corrected chi connectivity index (χ2v) is 5.95. The lowest BCUT2D eigenvalue weighted by atomic mass is 10.1. The normalized spacial score (nSPS) is 10.4. The average molecular weight is 396 g/mol. The molecule has 1 aromatic heterocycles. The number of para-hydroxylation sites is 1. The molecule has 7 nitrogen and oxygen atoms in total. The number of carbonyl (C=O) groups excluding carboxylic acids is 2. The molecule has 0 aliphatic rings. The third-order valence-electron chi connectivity index (χ3n) is 3.89. The summed E-state index contributed by atoms with van der Waals surface area (Å²) in [7, 11) is 0. The van der Waals surface area contributed by atoms with Crippen LogP contribution in [0.2, 0.25) is 0 Å². The van der Waals surface area contributed by atoms with Crippen molar-refractivity contribution in [1.29, 1.82) is 0 Å². The minimum atomic E-state index is -0.849. The fourth-order valence-electron chi connectivity index (χ4n) is 2.41. The fourth-order valence-corrected chi connectivity index (χ4v) is 2.41. The van der Waals surface area contributed by atoms with E-state index in [4.69, 9.17) is 9.47 Å². The summed E-state index contributed by atoms with van der Waals surface area (Å²) in [6, 6.07) is 16.4. The molecule has 0 unspecified atom stereocenters. The molecule has 0 aliphatic carbocycles. The molecule has 0 atom stereocenters. The van der Waals surface area contributed by atoms with E-state index < -0.39 is 29.7 Å². The van der Waals surface area contributed by atoms with E-state index in [-0.39, 0.29) is 24.4 Å². The van der Waals surface area contributed by atoms with Crippen LogP contribution in [0.15, 0.2) is 71.5 Å². The number of carbonyl (C=O) groups is 2. The average Bonchev–Trinajstić information content (AvgIpc) is 2.74. The van der Waals surface area contributed by atoms with E-state index in [1.54, 1.807) is 12.1 Å². The first-order chi connectivity index (χ1) is 14.0. The summed E-state index contributed by atoms with van der Waals surface area (Å²) in [5.41, 5.74) is -0.299. The maximum absolute atomic E-state index is 12.9. The summed E-state index contributed by atoms with van der Waals surface area (Å²) >= 11 is 0. The van der Waals surface area contributed by atoms with E-state index in [2.05, 4.69) is 5.10 Å². The highest BCUT2D eigenvalue weighted by molar-refractivity contribution is 5.98. The third kappa shape index (κ3) is 5.58. The van der Waals surface area contributed by atoms with Crippen LogP contribution in [0.1, 0.15) is 20.8 Å². The van der Waals surface area contributed by atoms with Crippen LogP contribution in [0.3, 0.4) is 0 Å². The number of esters is 1. The van der Waals surface area contributed by atoms with Crippen LogP contribution in [0.25, 0.3) is 0 Å². The second-order valence-electron chi connectivity index (χ2n) is 5.95. The molecule has 8 heteroatoms. The molecule has 0 spiro atoms. The Morgan fingerprint density at radius 2 is 1.69 bits per heavy atom. The van der Waals surface area contributed by atoms with Gasteiger partial charge in [0.25, 0.3) is 5.56 Å². The lowest BCUT2D eigenvalue weighted by molar-refractivity contribution is 0.0466. The van der Waals surface area contributed by atoms with Crippen LogP contribution in [0.5, 0.6) is 5.75 Å². The Morgan fingerprint density at radius 1 is 0.966 bits per heavy atom. The first-order valence-corrected chi connectivity index (χ1v) is 8.75. The molecule has 0 saturated heterocycles. The Morgan fingerprint density at radius 3 is 2.41 bits per heavy atom. The van der Waals surface area contributed by atoms with Gasteiger partial charge in [-0.15, -0.1) is 0 Å².